The molecule has 0 unspecified atom stereocenters. The lowest BCUT2D eigenvalue weighted by molar-refractivity contribution is -0.142. The second-order valence-electron chi connectivity index (χ2n) is 22.4. The van der Waals surface area contributed by atoms with Gasteiger partial charge >= 0.3 is 11.9 Å². The molecule has 0 aliphatic heterocycles. The van der Waals surface area contributed by atoms with Gasteiger partial charge in [0.25, 0.3) is 0 Å². The van der Waals surface area contributed by atoms with E-state index in [2.05, 4.69) is 88.4 Å². The smallest absolute Gasteiger partial charge is 0.327 e. The van der Waals surface area contributed by atoms with Crippen LogP contribution < -0.4 is 76.1 Å². The zero-order chi connectivity index (χ0) is 69.4. The van der Waals surface area contributed by atoms with Gasteiger partial charge in [0, 0.05) is 54.4 Å². The summed E-state index contributed by atoms with van der Waals surface area (Å²) in [6.07, 6.45) is 1.14. The number of H-pyrrole nitrogens is 1. The van der Waals surface area contributed by atoms with Crippen LogP contribution in [0, 0.1) is 5.92 Å². The number of carbonyl (C=O) groups excluding carboxylic acids is 10. The number of carbonyl (C=O) groups is 12. The Morgan fingerprint density at radius 1 is 0.543 bits per heavy atom. The fraction of sp³-hybridized carbons (Fsp3) is 0.468. The lowest BCUT2D eigenvalue weighted by Crippen LogP contribution is -2.60. The number of fused-ring (bicyclic) bond motifs is 1. The quantitative estimate of drug-likeness (QED) is 0.00959. The van der Waals surface area contributed by atoms with E-state index in [-0.39, 0.29) is 75.5 Å². The van der Waals surface area contributed by atoms with Crippen molar-refractivity contribution in [3.8, 4) is 0 Å². The third kappa shape index (κ3) is 26.0. The monoisotopic (exact) mass is 1340 g/mol. The Kier molecular flexibility index (Phi) is 32.8. The van der Waals surface area contributed by atoms with E-state index in [1.165, 1.54) is 6.92 Å². The van der Waals surface area contributed by atoms with Crippen molar-refractivity contribution < 1.29 is 67.7 Å². The van der Waals surface area contributed by atoms with Gasteiger partial charge in [-0.3, -0.25) is 57.7 Å². The Morgan fingerprint density at radius 3 is 1.55 bits per heavy atom. The minimum atomic E-state index is -1.86. The molecule has 1 aromatic heterocycles. The van der Waals surface area contributed by atoms with Crippen LogP contribution in [-0.2, 0) is 76.8 Å². The second kappa shape index (κ2) is 40.0. The lowest BCUT2D eigenvalue weighted by atomic mass is 9.96. The number of aromatic nitrogens is 1. The molecule has 30 nitrogen and oxygen atoms in total. The number of aliphatic carboxylic acids is 2. The van der Waals surface area contributed by atoms with Gasteiger partial charge in [-0.05, 0) is 74.2 Å². The van der Waals surface area contributed by atoms with Crippen LogP contribution in [0.3, 0.4) is 0 Å². The molecular weight excluding hydrogens is 1260 g/mol. The molecule has 4 aromatic rings. The summed E-state index contributed by atoms with van der Waals surface area (Å²) in [5.41, 5.74) is 25.1. The topological polar surface area (TPSA) is 498 Å². The van der Waals surface area contributed by atoms with Gasteiger partial charge in [0.1, 0.15) is 54.4 Å². The van der Waals surface area contributed by atoms with Crippen molar-refractivity contribution in [2.75, 3.05) is 31.1 Å². The van der Waals surface area contributed by atoms with E-state index < -0.39 is 150 Å². The highest BCUT2D eigenvalue weighted by atomic mass is 32.1. The van der Waals surface area contributed by atoms with Gasteiger partial charge in [0.05, 0.1) is 19.0 Å². The molecule has 0 aliphatic carbocycles. The minimum absolute atomic E-state index is 0.00236. The standard InChI is InChI=1S/C62H88N16O14S2/c1-4-34(2)51(78-53(83)40(64)32-93)60(90)76-44(26-36-16-7-5-8-17-36)56(86)70-35(3)52(82)69-31-49(79)71-47(29-50(80)81)59(89)72-42(22-13-14-24-63)54(84)74-45(27-37-18-9-6-10-19-37)57(87)75-46(28-38-30-68-41-21-12-11-20-39(38)41)58(88)73-43(23-15-25-67-62(65)66)55(85)77-48(33-94)61(91)92/h5-12,16-21,30,34-35,40,42-48,51,68,93-94H,4,13-15,22-29,31-33,63-64H2,1-3H3,(H,69,82)(H,70,86)(H,71,79)(H,72,89)(H,73,88)(H,74,84)(H,75,87)(H,76,90)(H,77,85)(H,78,83)(H,80,81)(H,91,92)(H4,65,66,67)/t34-,35-,40-,42-,43-,44-,45-,46-,47-,48-,51-/m0/s1. The first-order valence-electron chi connectivity index (χ1n) is 30.6. The van der Waals surface area contributed by atoms with Gasteiger partial charge in [-0.15, -0.1) is 0 Å². The number of hydrogen-bond donors (Lipinski definition) is 19. The number of thiol groups is 2. The summed E-state index contributed by atoms with van der Waals surface area (Å²) in [6, 6.07) is 10.2. The number of aliphatic imine (C=N–C) groups is 1. The van der Waals surface area contributed by atoms with E-state index in [1.54, 1.807) is 98.0 Å². The molecule has 11 atom stereocenters. The van der Waals surface area contributed by atoms with Crippen LogP contribution in [-0.4, -0.2) is 184 Å². The van der Waals surface area contributed by atoms with E-state index in [9.17, 15) is 67.7 Å². The number of hydrogen-bond acceptors (Lipinski definition) is 17. The van der Waals surface area contributed by atoms with Crippen molar-refractivity contribution >= 4 is 113 Å². The highest BCUT2D eigenvalue weighted by Crippen LogP contribution is 2.20. The summed E-state index contributed by atoms with van der Waals surface area (Å²) in [5.74, 6) is -12.7. The number of nitrogens with zero attached hydrogens (tertiary/aromatic N) is 1. The molecule has 4 rings (SSSR count). The molecule has 10 amide bonds. The molecular formula is C62H88N16O14S2. The minimum Gasteiger partial charge on any atom is -0.481 e. The van der Waals surface area contributed by atoms with Crippen LogP contribution in [0.4, 0.5) is 0 Å². The van der Waals surface area contributed by atoms with Gasteiger partial charge in [0.2, 0.25) is 59.1 Å². The number of nitrogens with two attached hydrogens (primary N) is 4. The summed E-state index contributed by atoms with van der Waals surface area (Å²) in [6.45, 7) is 4.18. The number of carboxylic acids is 2. The molecule has 0 saturated heterocycles. The molecule has 0 radical (unpaired) electrons. The number of aromatic amines is 1. The Labute approximate surface area is 554 Å². The number of benzene rings is 3. The molecule has 0 bridgehead atoms. The summed E-state index contributed by atoms with van der Waals surface area (Å²) in [7, 11) is 0. The fourth-order valence-corrected chi connectivity index (χ4v) is 9.98. The maximum Gasteiger partial charge on any atom is 0.327 e. The molecule has 0 aliphatic rings. The summed E-state index contributed by atoms with van der Waals surface area (Å²) in [5, 5.41) is 45.7. The van der Waals surface area contributed by atoms with Gasteiger partial charge in [0.15, 0.2) is 5.96 Å². The predicted molar refractivity (Wildman–Crippen MR) is 356 cm³/mol. The second-order valence-corrected chi connectivity index (χ2v) is 23.1. The largest absolute Gasteiger partial charge is 0.481 e. The van der Waals surface area contributed by atoms with Crippen LogP contribution in [0.5, 0.6) is 0 Å². The highest BCUT2D eigenvalue weighted by molar-refractivity contribution is 7.80. The number of carboxylic acid groups (broad SMARTS) is 2. The maximum atomic E-state index is 14.8. The first-order chi connectivity index (χ1) is 44.8. The highest BCUT2D eigenvalue weighted by Gasteiger charge is 2.36. The van der Waals surface area contributed by atoms with Crippen LogP contribution in [0.25, 0.3) is 10.9 Å². The number of nitrogens with one attached hydrogen (secondary N) is 11. The fourth-order valence-electron chi connectivity index (χ4n) is 9.56. The molecule has 21 N–H and O–H groups in total. The predicted octanol–water partition coefficient (Wildman–Crippen LogP) is -2.33. The lowest BCUT2D eigenvalue weighted by Gasteiger charge is -2.28. The van der Waals surface area contributed by atoms with Crippen molar-refractivity contribution in [1.29, 1.82) is 0 Å². The number of para-hydroxylation sites is 1. The number of rotatable bonds is 41. The first-order valence-corrected chi connectivity index (χ1v) is 31.9. The number of unbranched alkanes of at least 4 members (excludes halogenated alkanes) is 1. The Bertz CT molecular complexity index is 3250. The zero-order valence-electron chi connectivity index (χ0n) is 52.6. The van der Waals surface area contributed by atoms with Gasteiger partial charge in [-0.1, -0.05) is 99.1 Å². The molecule has 1 heterocycles. The summed E-state index contributed by atoms with van der Waals surface area (Å²) < 4.78 is 0. The third-order valence-electron chi connectivity index (χ3n) is 15.1. The summed E-state index contributed by atoms with van der Waals surface area (Å²) in [4.78, 5) is 170. The van der Waals surface area contributed by atoms with Crippen molar-refractivity contribution in [2.45, 2.75) is 145 Å². The van der Waals surface area contributed by atoms with Crippen LogP contribution in [0.1, 0.15) is 82.4 Å². The van der Waals surface area contributed by atoms with Gasteiger partial charge < -0.3 is 91.3 Å². The van der Waals surface area contributed by atoms with E-state index in [1.807, 2.05) is 6.92 Å². The van der Waals surface area contributed by atoms with Crippen molar-refractivity contribution in [3.63, 3.8) is 0 Å². The maximum absolute atomic E-state index is 14.8. The molecule has 3 aromatic carbocycles. The zero-order valence-corrected chi connectivity index (χ0v) is 54.4. The SMILES string of the molecule is CC[C@H](C)[C@H](NC(=O)[C@@H](N)CS)C(=O)N[C@@H](Cc1ccccc1)C(=O)N[C@@H](C)C(=O)NCC(=O)N[C@@H](CC(=O)O)C(=O)N[C@@H](CCCCN)C(=O)N[C@@H](Cc1ccccc1)C(=O)N[C@@H](Cc1c[nH]c2ccccc12)C(=O)N[C@@H](CCCN=C(N)N)C(=O)N[C@@H](CS)C(=O)O. The van der Waals surface area contributed by atoms with Crippen molar-refractivity contribution in [2.24, 2.45) is 33.8 Å². The molecule has 32 heteroatoms. The first kappa shape index (κ1) is 77.2. The molecule has 512 valence electrons. The van der Waals surface area contributed by atoms with Crippen LogP contribution >= 0.6 is 25.3 Å². The normalized spacial score (nSPS) is 14.5. The Balaban J connectivity index is 1.56. The van der Waals surface area contributed by atoms with Crippen LogP contribution in [0.15, 0.2) is 96.1 Å². The molecule has 94 heavy (non-hydrogen) atoms. The Morgan fingerprint density at radius 2 is 1.03 bits per heavy atom. The van der Waals surface area contributed by atoms with E-state index in [0.29, 0.717) is 40.4 Å². The van der Waals surface area contributed by atoms with Crippen molar-refractivity contribution in [1.82, 2.24) is 58.2 Å². The van der Waals surface area contributed by atoms with E-state index >= 15 is 0 Å². The average Bonchev–Trinajstić information content (AvgIpc) is 1.77. The van der Waals surface area contributed by atoms with Crippen LogP contribution in [0.2, 0.25) is 0 Å². The third-order valence-corrected chi connectivity index (χ3v) is 15.8. The molecule has 0 spiro atoms. The van der Waals surface area contributed by atoms with E-state index in [4.69, 9.17) is 22.9 Å². The molecule has 0 saturated carbocycles. The van der Waals surface area contributed by atoms with Crippen molar-refractivity contribution in [3.05, 3.63) is 108 Å². The van der Waals surface area contributed by atoms with Gasteiger partial charge in [-0.25, -0.2) is 4.79 Å². The Hall–Kier alpha value is -9.27. The number of guanidine groups is 1. The van der Waals surface area contributed by atoms with Gasteiger partial charge in [-0.2, -0.15) is 25.3 Å². The molecule has 0 fully saturated rings. The summed E-state index contributed by atoms with van der Waals surface area (Å²) >= 11 is 8.11. The number of amides is 10. The van der Waals surface area contributed by atoms with E-state index in [0.717, 1.165) is 0 Å². The average molecular weight is 1350 g/mol.